The number of aromatic nitrogens is 3. The summed E-state index contributed by atoms with van der Waals surface area (Å²) in [5, 5.41) is 20.5. The number of hydrogen-bond acceptors (Lipinski definition) is 5. The van der Waals surface area contributed by atoms with Crippen molar-refractivity contribution >= 4 is 29.1 Å². The van der Waals surface area contributed by atoms with Crippen LogP contribution in [0.4, 0.5) is 5.69 Å². The first-order valence-corrected chi connectivity index (χ1v) is 8.23. The van der Waals surface area contributed by atoms with Gasteiger partial charge >= 0.3 is 0 Å². The Hall–Kier alpha value is -1.60. The van der Waals surface area contributed by atoms with Crippen molar-refractivity contribution in [3.8, 4) is 0 Å². The van der Waals surface area contributed by atoms with Crippen molar-refractivity contribution in [2.45, 2.75) is 48.7 Å². The van der Waals surface area contributed by atoms with Gasteiger partial charge in [0.1, 0.15) is 5.82 Å². The minimum atomic E-state index is -0.454. The zero-order valence-electron chi connectivity index (χ0n) is 12.2. The monoisotopic (exact) mass is 338 g/mol. The molecule has 0 spiro atoms. The minimum absolute atomic E-state index is 0.0131. The molecule has 1 fully saturated rings. The molecule has 3 rings (SSSR count). The Labute approximate surface area is 137 Å². The van der Waals surface area contributed by atoms with Gasteiger partial charge in [-0.15, -0.1) is 10.2 Å². The van der Waals surface area contributed by atoms with E-state index < -0.39 is 4.92 Å². The number of hydrogen-bond donors (Lipinski definition) is 0. The second kappa shape index (κ2) is 5.89. The summed E-state index contributed by atoms with van der Waals surface area (Å²) in [4.78, 5) is 11.1. The van der Waals surface area contributed by atoms with Gasteiger partial charge in [0, 0.05) is 29.0 Å². The number of nitro groups is 1. The van der Waals surface area contributed by atoms with Crippen molar-refractivity contribution in [3.63, 3.8) is 0 Å². The highest BCUT2D eigenvalue weighted by Gasteiger charge is 2.30. The summed E-state index contributed by atoms with van der Waals surface area (Å²) in [6.07, 6.45) is 2.28. The van der Waals surface area contributed by atoms with Crippen LogP contribution in [-0.4, -0.2) is 19.7 Å². The van der Waals surface area contributed by atoms with Crippen molar-refractivity contribution < 1.29 is 4.92 Å². The van der Waals surface area contributed by atoms with Crippen LogP contribution in [0.25, 0.3) is 0 Å². The number of non-ortho nitro benzene ring substituents is 1. The van der Waals surface area contributed by atoms with Gasteiger partial charge in [-0.05, 0) is 30.7 Å². The molecule has 0 bridgehead atoms. The highest BCUT2D eigenvalue weighted by molar-refractivity contribution is 7.99. The molecule has 1 heterocycles. The molecule has 0 atom stereocenters. The topological polar surface area (TPSA) is 73.8 Å². The molecule has 0 saturated heterocycles. The maximum atomic E-state index is 10.8. The molecule has 0 amide bonds. The smallest absolute Gasteiger partial charge is 0.270 e. The lowest BCUT2D eigenvalue weighted by Gasteiger charge is -2.11. The summed E-state index contributed by atoms with van der Waals surface area (Å²) in [7, 11) is 0. The molecule has 0 aliphatic heterocycles. The van der Waals surface area contributed by atoms with Gasteiger partial charge in [0.25, 0.3) is 5.69 Å². The normalized spacial score (nSPS) is 14.5. The number of rotatable bonds is 5. The lowest BCUT2D eigenvalue weighted by molar-refractivity contribution is -0.384. The van der Waals surface area contributed by atoms with E-state index in [2.05, 4.69) is 28.6 Å². The van der Waals surface area contributed by atoms with E-state index in [4.69, 9.17) is 11.6 Å². The Bertz CT molecular complexity index is 728. The zero-order valence-corrected chi connectivity index (χ0v) is 13.8. The molecule has 6 nitrogen and oxygen atoms in total. The van der Waals surface area contributed by atoms with Crippen molar-refractivity contribution in [2.24, 2.45) is 0 Å². The van der Waals surface area contributed by atoms with E-state index in [1.165, 1.54) is 23.9 Å². The molecule has 1 aromatic heterocycles. The van der Waals surface area contributed by atoms with Gasteiger partial charge in [0.15, 0.2) is 5.16 Å². The Morgan fingerprint density at radius 3 is 2.68 bits per heavy atom. The van der Waals surface area contributed by atoms with Crippen LogP contribution in [-0.2, 0) is 0 Å². The summed E-state index contributed by atoms with van der Waals surface area (Å²) in [6.45, 7) is 4.19. The molecule has 8 heteroatoms. The van der Waals surface area contributed by atoms with Gasteiger partial charge in [0.2, 0.25) is 0 Å². The van der Waals surface area contributed by atoms with Gasteiger partial charge < -0.3 is 4.57 Å². The van der Waals surface area contributed by atoms with E-state index in [0.29, 0.717) is 17.0 Å². The minimum Gasteiger partial charge on any atom is -0.302 e. The van der Waals surface area contributed by atoms with Gasteiger partial charge in [-0.3, -0.25) is 10.1 Å². The molecule has 1 aromatic carbocycles. The molecule has 2 aromatic rings. The van der Waals surface area contributed by atoms with Crippen LogP contribution in [0.1, 0.15) is 44.5 Å². The van der Waals surface area contributed by atoms with Crippen molar-refractivity contribution in [1.82, 2.24) is 14.8 Å². The lowest BCUT2D eigenvalue weighted by atomic mass is 10.2. The van der Waals surface area contributed by atoms with Crippen LogP contribution in [0.5, 0.6) is 0 Å². The number of benzene rings is 1. The quantitative estimate of drug-likeness (QED) is 0.594. The largest absolute Gasteiger partial charge is 0.302 e. The summed E-state index contributed by atoms with van der Waals surface area (Å²) in [5.41, 5.74) is -0.0131. The molecular weight excluding hydrogens is 324 g/mol. The fourth-order valence-corrected chi connectivity index (χ4v) is 3.41. The maximum Gasteiger partial charge on any atom is 0.270 e. The Morgan fingerprint density at radius 2 is 2.14 bits per heavy atom. The molecule has 1 aliphatic rings. The summed E-state index contributed by atoms with van der Waals surface area (Å²) < 4.78 is 2.17. The first-order valence-electron chi connectivity index (χ1n) is 7.04. The maximum absolute atomic E-state index is 10.8. The second-order valence-electron chi connectivity index (χ2n) is 5.57. The van der Waals surface area contributed by atoms with E-state index in [9.17, 15) is 10.1 Å². The fourth-order valence-electron chi connectivity index (χ4n) is 2.21. The lowest BCUT2D eigenvalue weighted by Crippen LogP contribution is -2.04. The first-order chi connectivity index (χ1) is 10.5. The number of nitro benzene ring substituents is 1. The van der Waals surface area contributed by atoms with Crippen molar-refractivity contribution in [3.05, 3.63) is 39.2 Å². The SMILES string of the molecule is CC(C)c1nnc(Sc2ccc([N+](=O)[O-])cc2Cl)n1C1CC1. The van der Waals surface area contributed by atoms with Gasteiger partial charge in [-0.2, -0.15) is 0 Å². The number of halogens is 1. The zero-order chi connectivity index (χ0) is 15.9. The molecule has 0 radical (unpaired) electrons. The van der Waals surface area contributed by atoms with E-state index in [1.54, 1.807) is 6.07 Å². The number of nitrogens with zero attached hydrogens (tertiary/aromatic N) is 4. The van der Waals surface area contributed by atoms with E-state index in [1.807, 2.05) is 0 Å². The first kappa shape index (κ1) is 15.3. The third-order valence-corrected chi connectivity index (χ3v) is 4.91. The molecular formula is C14H15ClN4O2S. The van der Waals surface area contributed by atoms with E-state index in [-0.39, 0.29) is 5.69 Å². The van der Waals surface area contributed by atoms with Crippen molar-refractivity contribution in [1.29, 1.82) is 0 Å². The summed E-state index contributed by atoms with van der Waals surface area (Å²) in [6, 6.07) is 4.94. The Balaban J connectivity index is 1.92. The van der Waals surface area contributed by atoms with Gasteiger partial charge in [-0.1, -0.05) is 25.4 Å². The van der Waals surface area contributed by atoms with E-state index >= 15 is 0 Å². The van der Waals surface area contributed by atoms with E-state index in [0.717, 1.165) is 28.7 Å². The van der Waals surface area contributed by atoms with Crippen LogP contribution in [0.15, 0.2) is 28.3 Å². The molecule has 0 N–H and O–H groups in total. The molecule has 116 valence electrons. The van der Waals surface area contributed by atoms with Crippen LogP contribution < -0.4 is 0 Å². The van der Waals surface area contributed by atoms with Crippen LogP contribution >= 0.6 is 23.4 Å². The highest BCUT2D eigenvalue weighted by Crippen LogP contribution is 2.42. The highest BCUT2D eigenvalue weighted by atomic mass is 35.5. The van der Waals surface area contributed by atoms with Crippen molar-refractivity contribution in [2.75, 3.05) is 0 Å². The average molecular weight is 339 g/mol. The molecule has 22 heavy (non-hydrogen) atoms. The third kappa shape index (κ3) is 2.96. The standard InChI is InChI=1S/C14H15ClN4O2S/c1-8(2)13-16-17-14(18(13)9-3-4-9)22-12-6-5-10(19(20)21)7-11(12)15/h5-9H,3-4H2,1-2H3. The molecule has 1 aliphatic carbocycles. The Kier molecular flexibility index (Phi) is 4.10. The summed E-state index contributed by atoms with van der Waals surface area (Å²) in [5.74, 6) is 1.28. The summed E-state index contributed by atoms with van der Waals surface area (Å²) >= 11 is 7.56. The third-order valence-electron chi connectivity index (χ3n) is 3.45. The van der Waals surface area contributed by atoms with Crippen LogP contribution in [0.2, 0.25) is 5.02 Å². The predicted octanol–water partition coefficient (Wildman–Crippen LogP) is 4.45. The van der Waals surface area contributed by atoms with Gasteiger partial charge in [-0.25, -0.2) is 0 Å². The predicted molar refractivity (Wildman–Crippen MR) is 84.6 cm³/mol. The second-order valence-corrected chi connectivity index (χ2v) is 6.99. The fraction of sp³-hybridized carbons (Fsp3) is 0.429. The van der Waals surface area contributed by atoms with Gasteiger partial charge in [0.05, 0.1) is 9.95 Å². The average Bonchev–Trinajstić information content (AvgIpc) is 3.21. The van der Waals surface area contributed by atoms with Crippen LogP contribution in [0.3, 0.4) is 0 Å². The molecule has 0 unspecified atom stereocenters. The molecule has 1 saturated carbocycles. The Morgan fingerprint density at radius 1 is 1.41 bits per heavy atom. The van der Waals surface area contributed by atoms with Crippen LogP contribution in [0, 0.1) is 10.1 Å².